The largest absolute Gasteiger partial charge is 0.322 e. The van der Waals surface area contributed by atoms with Gasteiger partial charge in [0.2, 0.25) is 0 Å². The lowest BCUT2D eigenvalue weighted by atomic mass is 9.89. The average molecular weight is 470 g/mol. The highest BCUT2D eigenvalue weighted by Gasteiger charge is 2.23. The number of anilines is 1. The van der Waals surface area contributed by atoms with Crippen molar-refractivity contribution in [2.75, 3.05) is 18.4 Å². The SMILES string of the molecule is Cc1c(NC(=O)C2=C(F)CC(c3ccccc3)C=C2)ccc2cc(CN3CCCCCC3)cnc12. The van der Waals surface area contributed by atoms with Crippen LogP contribution in [0.3, 0.4) is 0 Å². The number of carbonyl (C=O) groups is 1. The summed E-state index contributed by atoms with van der Waals surface area (Å²) in [5, 5.41) is 3.96. The predicted octanol–water partition coefficient (Wildman–Crippen LogP) is 6.83. The molecule has 0 saturated carbocycles. The van der Waals surface area contributed by atoms with Crippen molar-refractivity contribution in [1.82, 2.24) is 9.88 Å². The lowest BCUT2D eigenvalue weighted by molar-refractivity contribution is -0.112. The van der Waals surface area contributed by atoms with E-state index in [1.54, 1.807) is 6.08 Å². The molecule has 1 fully saturated rings. The van der Waals surface area contributed by atoms with Crippen molar-refractivity contribution in [3.63, 3.8) is 0 Å². The molecule has 5 heteroatoms. The van der Waals surface area contributed by atoms with Gasteiger partial charge in [-0.05, 0) is 61.7 Å². The van der Waals surface area contributed by atoms with Gasteiger partial charge in [0.15, 0.2) is 0 Å². The zero-order chi connectivity index (χ0) is 24.2. The van der Waals surface area contributed by atoms with Gasteiger partial charge in [0.05, 0.1) is 11.1 Å². The topological polar surface area (TPSA) is 45.2 Å². The van der Waals surface area contributed by atoms with Crippen molar-refractivity contribution in [2.45, 2.75) is 51.5 Å². The summed E-state index contributed by atoms with van der Waals surface area (Å²) in [6, 6.07) is 15.9. The Labute approximate surface area is 206 Å². The second-order valence-corrected chi connectivity index (χ2v) is 9.70. The predicted molar refractivity (Wildman–Crippen MR) is 140 cm³/mol. The van der Waals surface area contributed by atoms with Crippen molar-refractivity contribution in [2.24, 2.45) is 0 Å². The van der Waals surface area contributed by atoms with Crippen molar-refractivity contribution >= 4 is 22.5 Å². The molecule has 1 aliphatic heterocycles. The number of nitrogens with one attached hydrogen (secondary N) is 1. The van der Waals surface area contributed by atoms with Gasteiger partial charge in [0.1, 0.15) is 5.83 Å². The van der Waals surface area contributed by atoms with E-state index in [1.165, 1.54) is 31.2 Å². The van der Waals surface area contributed by atoms with Crippen LogP contribution in [0.5, 0.6) is 0 Å². The Morgan fingerprint density at radius 1 is 1.09 bits per heavy atom. The number of likely N-dealkylation sites (tertiary alicyclic amines) is 1. The maximum Gasteiger partial charge on any atom is 0.258 e. The maximum absolute atomic E-state index is 14.9. The number of amides is 1. The summed E-state index contributed by atoms with van der Waals surface area (Å²) in [6.45, 7) is 5.17. The fourth-order valence-corrected chi connectivity index (χ4v) is 5.16. The van der Waals surface area contributed by atoms with Gasteiger partial charge in [0.25, 0.3) is 5.91 Å². The number of hydrogen-bond acceptors (Lipinski definition) is 3. The molecule has 180 valence electrons. The Hall–Kier alpha value is -3.31. The van der Waals surface area contributed by atoms with Crippen LogP contribution in [0.15, 0.2) is 78.3 Å². The summed E-state index contributed by atoms with van der Waals surface area (Å²) in [5.74, 6) is -0.859. The van der Waals surface area contributed by atoms with E-state index in [4.69, 9.17) is 4.98 Å². The molecule has 0 radical (unpaired) electrons. The average Bonchev–Trinajstić information content (AvgIpc) is 3.15. The number of allylic oxidation sites excluding steroid dienone is 2. The van der Waals surface area contributed by atoms with Gasteiger partial charge < -0.3 is 5.32 Å². The van der Waals surface area contributed by atoms with E-state index in [2.05, 4.69) is 16.3 Å². The van der Waals surface area contributed by atoms with Crippen LogP contribution >= 0.6 is 0 Å². The van der Waals surface area contributed by atoms with E-state index >= 15 is 0 Å². The first kappa shape index (κ1) is 23.4. The minimum absolute atomic E-state index is 0.0529. The number of rotatable bonds is 5. The van der Waals surface area contributed by atoms with E-state index in [0.717, 1.165) is 41.7 Å². The van der Waals surface area contributed by atoms with Gasteiger partial charge in [-0.1, -0.05) is 61.4 Å². The van der Waals surface area contributed by atoms with Crippen molar-refractivity contribution in [3.8, 4) is 0 Å². The molecular formula is C30H32FN3O. The molecule has 1 aliphatic carbocycles. The number of benzene rings is 2. The van der Waals surface area contributed by atoms with Gasteiger partial charge >= 0.3 is 0 Å². The maximum atomic E-state index is 14.9. The van der Waals surface area contributed by atoms with E-state index in [1.807, 2.05) is 61.7 Å². The summed E-state index contributed by atoms with van der Waals surface area (Å²) in [6.07, 6.45) is 10.8. The van der Waals surface area contributed by atoms with Crippen LogP contribution in [0.1, 0.15) is 54.7 Å². The molecule has 1 atom stereocenters. The third-order valence-corrected chi connectivity index (χ3v) is 7.17. The van der Waals surface area contributed by atoms with Crippen molar-refractivity contribution in [1.29, 1.82) is 0 Å². The highest BCUT2D eigenvalue weighted by atomic mass is 19.1. The summed E-state index contributed by atoms with van der Waals surface area (Å²) < 4.78 is 14.9. The fourth-order valence-electron chi connectivity index (χ4n) is 5.16. The molecular weight excluding hydrogens is 437 g/mol. The van der Waals surface area contributed by atoms with E-state index in [-0.39, 0.29) is 23.7 Å². The molecule has 5 rings (SSSR count). The molecule has 2 aromatic carbocycles. The van der Waals surface area contributed by atoms with Crippen molar-refractivity contribution in [3.05, 3.63) is 95.0 Å². The molecule has 1 N–H and O–H groups in total. The molecule has 1 saturated heterocycles. The molecule has 2 heterocycles. The van der Waals surface area contributed by atoms with Gasteiger partial charge in [-0.15, -0.1) is 0 Å². The number of fused-ring (bicyclic) bond motifs is 1. The number of nitrogens with zero attached hydrogens (tertiary/aromatic N) is 2. The van der Waals surface area contributed by atoms with Crippen LogP contribution in [-0.2, 0) is 11.3 Å². The van der Waals surface area contributed by atoms with Crippen LogP contribution in [0.2, 0.25) is 0 Å². The highest BCUT2D eigenvalue weighted by molar-refractivity contribution is 6.07. The standard InChI is InChI=1S/C30H32FN3O/c1-21-28(33-30(35)26-13-11-24(18-27(26)31)23-9-5-4-6-10-23)14-12-25-17-22(19-32-29(21)25)20-34-15-7-2-3-8-16-34/h4-6,9-14,17,19,24H,2-3,7-8,15-16,18,20H2,1H3,(H,33,35). The third-order valence-electron chi connectivity index (χ3n) is 7.17. The first-order valence-electron chi connectivity index (χ1n) is 12.6. The number of aryl methyl sites for hydroxylation is 1. The van der Waals surface area contributed by atoms with Gasteiger partial charge in [0, 0.05) is 36.2 Å². The van der Waals surface area contributed by atoms with E-state index < -0.39 is 5.91 Å². The van der Waals surface area contributed by atoms with Gasteiger partial charge in [-0.3, -0.25) is 14.7 Å². The molecule has 0 spiro atoms. The minimum atomic E-state index is -0.425. The molecule has 1 amide bonds. The Morgan fingerprint density at radius 3 is 2.60 bits per heavy atom. The second kappa shape index (κ2) is 10.5. The lowest BCUT2D eigenvalue weighted by Crippen LogP contribution is -2.24. The Morgan fingerprint density at radius 2 is 1.86 bits per heavy atom. The van der Waals surface area contributed by atoms with E-state index in [9.17, 15) is 9.18 Å². The zero-order valence-electron chi connectivity index (χ0n) is 20.3. The second-order valence-electron chi connectivity index (χ2n) is 9.70. The quantitative estimate of drug-likeness (QED) is 0.446. The smallest absolute Gasteiger partial charge is 0.258 e. The highest BCUT2D eigenvalue weighted by Crippen LogP contribution is 2.33. The van der Waals surface area contributed by atoms with Crippen LogP contribution in [0.25, 0.3) is 10.9 Å². The number of carbonyl (C=O) groups excluding carboxylic acids is 1. The Kier molecular flexibility index (Phi) is 7.05. The number of aromatic nitrogens is 1. The monoisotopic (exact) mass is 469 g/mol. The van der Waals surface area contributed by atoms with Crippen LogP contribution in [0, 0.1) is 6.92 Å². The molecule has 2 aliphatic rings. The van der Waals surface area contributed by atoms with Crippen LogP contribution in [-0.4, -0.2) is 28.9 Å². The summed E-state index contributed by atoms with van der Waals surface area (Å²) in [4.78, 5) is 20.2. The summed E-state index contributed by atoms with van der Waals surface area (Å²) in [7, 11) is 0. The van der Waals surface area contributed by atoms with Gasteiger partial charge in [-0.25, -0.2) is 4.39 Å². The number of pyridine rings is 1. The fraction of sp³-hybridized carbons (Fsp3) is 0.333. The Bertz CT molecular complexity index is 1270. The molecule has 1 unspecified atom stereocenters. The Balaban J connectivity index is 1.29. The number of halogens is 1. The molecule has 0 bridgehead atoms. The molecule has 3 aromatic rings. The third kappa shape index (κ3) is 5.35. The molecule has 4 nitrogen and oxygen atoms in total. The minimum Gasteiger partial charge on any atom is -0.322 e. The first-order chi connectivity index (χ1) is 17.1. The zero-order valence-corrected chi connectivity index (χ0v) is 20.3. The van der Waals surface area contributed by atoms with Crippen LogP contribution in [0.4, 0.5) is 10.1 Å². The molecule has 1 aromatic heterocycles. The van der Waals surface area contributed by atoms with Gasteiger partial charge in [-0.2, -0.15) is 0 Å². The molecule has 35 heavy (non-hydrogen) atoms. The van der Waals surface area contributed by atoms with E-state index in [0.29, 0.717) is 5.69 Å². The summed E-state index contributed by atoms with van der Waals surface area (Å²) in [5.41, 5.74) is 4.76. The van der Waals surface area contributed by atoms with Crippen LogP contribution < -0.4 is 5.32 Å². The lowest BCUT2D eigenvalue weighted by Gasteiger charge is -2.20. The van der Waals surface area contributed by atoms with Crippen molar-refractivity contribution < 1.29 is 9.18 Å². The first-order valence-corrected chi connectivity index (χ1v) is 12.6. The summed E-state index contributed by atoms with van der Waals surface area (Å²) >= 11 is 0. The number of hydrogen-bond donors (Lipinski definition) is 1. The normalized spacial score (nSPS) is 19.1.